The molecule has 0 fully saturated rings. The normalized spacial score (nSPS) is 13.9. The first-order valence-electron chi connectivity index (χ1n) is 5.93. The molecule has 5 nitrogen and oxygen atoms in total. The summed E-state index contributed by atoms with van der Waals surface area (Å²) in [6.07, 6.45) is -1.05. The Kier molecular flexibility index (Phi) is 6.14. The highest BCUT2D eigenvalue weighted by Gasteiger charge is 2.13. The number of nitrogens with one attached hydrogen (secondary N) is 1. The molecule has 0 spiro atoms. The Labute approximate surface area is 115 Å². The van der Waals surface area contributed by atoms with E-state index < -0.39 is 23.5 Å². The number of aliphatic hydroxyl groups excluding tert-OH is 2. The Morgan fingerprint density at radius 3 is 2.74 bits per heavy atom. The minimum atomic E-state index is -1.49. The van der Waals surface area contributed by atoms with Crippen LogP contribution in [0.1, 0.15) is 11.1 Å². The predicted molar refractivity (Wildman–Crippen MR) is 75.5 cm³/mol. The number of hydrogen-bond donors (Lipinski definition) is 3. The van der Waals surface area contributed by atoms with E-state index in [1.54, 1.807) is 0 Å². The van der Waals surface area contributed by atoms with Crippen LogP contribution in [0.2, 0.25) is 0 Å². The van der Waals surface area contributed by atoms with Crippen LogP contribution >= 0.6 is 0 Å². The van der Waals surface area contributed by atoms with Crippen molar-refractivity contribution in [2.45, 2.75) is 20.0 Å². The summed E-state index contributed by atoms with van der Waals surface area (Å²) in [5.74, 6) is -0.654. The van der Waals surface area contributed by atoms with Crippen molar-refractivity contribution in [3.05, 3.63) is 29.3 Å². The van der Waals surface area contributed by atoms with Crippen molar-refractivity contribution in [1.82, 2.24) is 0 Å². The fraction of sp³-hybridized carbons (Fsp3) is 0.462. The van der Waals surface area contributed by atoms with Gasteiger partial charge in [-0.2, -0.15) is 0 Å². The summed E-state index contributed by atoms with van der Waals surface area (Å²) in [7, 11) is -1.49. The van der Waals surface area contributed by atoms with Crippen LogP contribution in [0.5, 0.6) is 0 Å². The summed E-state index contributed by atoms with van der Waals surface area (Å²) in [5.41, 5.74) is 2.66. The van der Waals surface area contributed by atoms with Gasteiger partial charge in [-0.05, 0) is 31.0 Å². The van der Waals surface area contributed by atoms with E-state index in [1.807, 2.05) is 32.0 Å². The third-order valence-corrected chi connectivity index (χ3v) is 3.89. The van der Waals surface area contributed by atoms with Gasteiger partial charge in [0.15, 0.2) is 0 Å². The van der Waals surface area contributed by atoms with Crippen LogP contribution < -0.4 is 5.32 Å². The SMILES string of the molecule is Cc1ccc(C)c(NC(=O)CS(=O)CC(O)CO)c1. The van der Waals surface area contributed by atoms with Gasteiger partial charge in [-0.15, -0.1) is 0 Å². The number of amides is 1. The average Bonchev–Trinajstić information content (AvgIpc) is 2.33. The molecule has 1 amide bonds. The fourth-order valence-corrected chi connectivity index (χ4v) is 2.55. The minimum absolute atomic E-state index is 0.100. The molecule has 0 aliphatic carbocycles. The van der Waals surface area contributed by atoms with E-state index in [2.05, 4.69) is 5.32 Å². The van der Waals surface area contributed by atoms with Crippen molar-refractivity contribution < 1.29 is 19.2 Å². The summed E-state index contributed by atoms with van der Waals surface area (Å²) in [6, 6.07) is 5.69. The van der Waals surface area contributed by atoms with E-state index in [-0.39, 0.29) is 17.4 Å². The molecule has 0 saturated carbocycles. The quantitative estimate of drug-likeness (QED) is 0.703. The molecular formula is C13H19NO4S. The van der Waals surface area contributed by atoms with Gasteiger partial charge >= 0.3 is 0 Å². The van der Waals surface area contributed by atoms with Gasteiger partial charge < -0.3 is 15.5 Å². The molecule has 0 aliphatic heterocycles. The standard InChI is InChI=1S/C13H19NO4S/c1-9-3-4-10(2)12(5-9)14-13(17)8-19(18)7-11(16)6-15/h3-5,11,15-16H,6-8H2,1-2H3,(H,14,17). The van der Waals surface area contributed by atoms with Crippen molar-refractivity contribution in [3.63, 3.8) is 0 Å². The third-order valence-electron chi connectivity index (χ3n) is 2.55. The summed E-state index contributed by atoms with van der Waals surface area (Å²) in [4.78, 5) is 11.7. The van der Waals surface area contributed by atoms with E-state index in [4.69, 9.17) is 10.2 Å². The summed E-state index contributed by atoms with van der Waals surface area (Å²) >= 11 is 0. The Morgan fingerprint density at radius 2 is 2.11 bits per heavy atom. The van der Waals surface area contributed by atoms with Crippen molar-refractivity contribution >= 4 is 22.4 Å². The van der Waals surface area contributed by atoms with Crippen LogP contribution in [0.15, 0.2) is 18.2 Å². The summed E-state index contributed by atoms with van der Waals surface area (Å²) in [5, 5.41) is 20.5. The molecule has 2 unspecified atom stereocenters. The number of rotatable bonds is 6. The van der Waals surface area contributed by atoms with Crippen LogP contribution in [0.3, 0.4) is 0 Å². The van der Waals surface area contributed by atoms with Gasteiger partial charge in [-0.3, -0.25) is 9.00 Å². The lowest BCUT2D eigenvalue weighted by Gasteiger charge is -2.10. The molecular weight excluding hydrogens is 266 g/mol. The monoisotopic (exact) mass is 285 g/mol. The average molecular weight is 285 g/mol. The van der Waals surface area contributed by atoms with E-state index in [9.17, 15) is 9.00 Å². The first-order chi connectivity index (χ1) is 8.92. The number of aliphatic hydroxyl groups is 2. The molecule has 3 N–H and O–H groups in total. The van der Waals surface area contributed by atoms with Gasteiger partial charge in [-0.1, -0.05) is 12.1 Å². The maximum absolute atomic E-state index is 11.7. The second kappa shape index (κ2) is 7.37. The molecule has 0 radical (unpaired) electrons. The first kappa shape index (κ1) is 15.8. The lowest BCUT2D eigenvalue weighted by Crippen LogP contribution is -2.27. The Hall–Kier alpha value is -1.24. The van der Waals surface area contributed by atoms with E-state index >= 15 is 0 Å². The van der Waals surface area contributed by atoms with Crippen molar-refractivity contribution in [1.29, 1.82) is 0 Å². The molecule has 6 heteroatoms. The zero-order chi connectivity index (χ0) is 14.4. The van der Waals surface area contributed by atoms with Gasteiger partial charge in [0.05, 0.1) is 18.5 Å². The lowest BCUT2D eigenvalue weighted by molar-refractivity contribution is -0.113. The van der Waals surface area contributed by atoms with Crippen LogP contribution in [-0.2, 0) is 15.6 Å². The van der Waals surface area contributed by atoms with E-state index in [1.165, 1.54) is 0 Å². The number of aryl methyl sites for hydroxylation is 2. The Balaban J connectivity index is 2.55. The van der Waals surface area contributed by atoms with Gasteiger partial charge in [0.2, 0.25) is 5.91 Å². The second-order valence-corrected chi connectivity index (χ2v) is 5.96. The smallest absolute Gasteiger partial charge is 0.236 e. The van der Waals surface area contributed by atoms with Crippen LogP contribution in [0.4, 0.5) is 5.69 Å². The molecule has 0 bridgehead atoms. The summed E-state index contributed by atoms with van der Waals surface area (Å²) in [6.45, 7) is 3.34. The van der Waals surface area contributed by atoms with Crippen molar-refractivity contribution in [3.8, 4) is 0 Å². The van der Waals surface area contributed by atoms with Gasteiger partial charge in [0, 0.05) is 16.5 Å². The maximum Gasteiger partial charge on any atom is 0.236 e. The van der Waals surface area contributed by atoms with E-state index in [0.717, 1.165) is 11.1 Å². The molecule has 106 valence electrons. The van der Waals surface area contributed by atoms with Crippen LogP contribution in [0, 0.1) is 13.8 Å². The predicted octanol–water partition coefficient (Wildman–Crippen LogP) is 0.344. The number of benzene rings is 1. The Bertz CT molecular complexity index is 476. The van der Waals surface area contributed by atoms with Gasteiger partial charge in [0.1, 0.15) is 5.75 Å². The molecule has 19 heavy (non-hydrogen) atoms. The highest BCUT2D eigenvalue weighted by molar-refractivity contribution is 7.85. The zero-order valence-corrected chi connectivity index (χ0v) is 11.9. The summed E-state index contributed by atoms with van der Waals surface area (Å²) < 4.78 is 11.5. The fourth-order valence-electron chi connectivity index (χ4n) is 1.53. The molecule has 1 rings (SSSR count). The number of anilines is 1. The number of carbonyl (C=O) groups excluding carboxylic acids is 1. The highest BCUT2D eigenvalue weighted by atomic mass is 32.2. The molecule has 1 aromatic carbocycles. The number of carbonyl (C=O) groups is 1. The number of hydrogen-bond acceptors (Lipinski definition) is 4. The first-order valence-corrected chi connectivity index (χ1v) is 7.42. The van der Waals surface area contributed by atoms with E-state index in [0.29, 0.717) is 5.69 Å². The van der Waals surface area contributed by atoms with Crippen LogP contribution in [0.25, 0.3) is 0 Å². The topological polar surface area (TPSA) is 86.6 Å². The van der Waals surface area contributed by atoms with Crippen LogP contribution in [-0.4, -0.2) is 44.5 Å². The van der Waals surface area contributed by atoms with Crippen molar-refractivity contribution in [2.24, 2.45) is 0 Å². The van der Waals surface area contributed by atoms with Crippen molar-refractivity contribution in [2.75, 3.05) is 23.4 Å². The lowest BCUT2D eigenvalue weighted by atomic mass is 10.1. The molecule has 1 aromatic rings. The Morgan fingerprint density at radius 1 is 1.42 bits per heavy atom. The highest BCUT2D eigenvalue weighted by Crippen LogP contribution is 2.16. The molecule has 2 atom stereocenters. The minimum Gasteiger partial charge on any atom is -0.394 e. The third kappa shape index (κ3) is 5.50. The van der Waals surface area contributed by atoms with Gasteiger partial charge in [0.25, 0.3) is 0 Å². The largest absolute Gasteiger partial charge is 0.394 e. The molecule has 0 saturated heterocycles. The second-order valence-electron chi connectivity index (χ2n) is 4.45. The molecule has 0 aliphatic rings. The molecule has 0 aromatic heterocycles. The van der Waals surface area contributed by atoms with Gasteiger partial charge in [-0.25, -0.2) is 0 Å². The zero-order valence-electron chi connectivity index (χ0n) is 11.0. The molecule has 0 heterocycles. The maximum atomic E-state index is 11.7.